The third kappa shape index (κ3) is 5.35. The number of para-hydroxylation sites is 2. The maximum atomic E-state index is 7.02. The molecule has 0 amide bonds. The second kappa shape index (κ2) is 13.8. The van der Waals surface area contributed by atoms with Gasteiger partial charge in [-0.2, -0.15) is 0 Å². The van der Waals surface area contributed by atoms with Gasteiger partial charge in [-0.15, -0.1) is 11.3 Å². The number of fused-ring (bicyclic) bond motifs is 11. The molecule has 5 heteroatoms. The van der Waals surface area contributed by atoms with Crippen LogP contribution in [0.4, 0.5) is 0 Å². The van der Waals surface area contributed by atoms with Crippen LogP contribution in [0.15, 0.2) is 197 Å². The molecule has 3 aromatic heterocycles. The van der Waals surface area contributed by atoms with Crippen molar-refractivity contribution in [3.05, 3.63) is 205 Å². The van der Waals surface area contributed by atoms with Crippen molar-refractivity contribution in [1.29, 1.82) is 0 Å². The van der Waals surface area contributed by atoms with Gasteiger partial charge in [0, 0.05) is 70.2 Å². The minimum absolute atomic E-state index is 0.110. The molecule has 1 aliphatic rings. The van der Waals surface area contributed by atoms with Crippen LogP contribution in [0.3, 0.4) is 0 Å². The lowest BCUT2D eigenvalue weighted by Crippen LogP contribution is -2.26. The first kappa shape index (κ1) is 35.3. The molecule has 0 saturated heterocycles. The van der Waals surface area contributed by atoms with Crippen molar-refractivity contribution in [2.45, 2.75) is 19.5 Å². The number of allylic oxidation sites excluding steroid dienone is 1. The van der Waals surface area contributed by atoms with Gasteiger partial charge < -0.3 is 14.3 Å². The zero-order valence-electron chi connectivity index (χ0n) is 34.0. The van der Waals surface area contributed by atoms with Gasteiger partial charge in [0.1, 0.15) is 17.3 Å². The van der Waals surface area contributed by atoms with Crippen LogP contribution in [-0.4, -0.2) is 10.3 Å². The number of hydrogen-bond donors (Lipinski definition) is 1. The summed E-state index contributed by atoms with van der Waals surface area (Å²) in [5.74, 6) is 0.110. The summed E-state index contributed by atoms with van der Waals surface area (Å²) in [4.78, 5) is 5.89. The minimum Gasteiger partial charge on any atom is -0.455 e. The van der Waals surface area contributed by atoms with Gasteiger partial charge in [0.25, 0.3) is 0 Å². The lowest BCUT2D eigenvalue weighted by atomic mass is 9.91. The Balaban J connectivity index is 1.09. The summed E-state index contributed by atoms with van der Waals surface area (Å²) in [6.07, 6.45) is 2.78. The van der Waals surface area contributed by atoms with Crippen molar-refractivity contribution in [1.82, 2.24) is 9.88 Å². The van der Waals surface area contributed by atoms with Gasteiger partial charge >= 0.3 is 0 Å². The predicted molar refractivity (Wildman–Crippen MR) is 263 cm³/mol. The third-order valence-corrected chi connectivity index (χ3v) is 14.3. The molecule has 0 aliphatic carbocycles. The zero-order chi connectivity index (χ0) is 40.9. The van der Waals surface area contributed by atoms with Gasteiger partial charge in [-0.3, -0.25) is 4.99 Å². The van der Waals surface area contributed by atoms with Crippen LogP contribution < -0.4 is 5.32 Å². The first-order valence-corrected chi connectivity index (χ1v) is 22.3. The molecule has 1 aliphatic heterocycles. The zero-order valence-corrected chi connectivity index (χ0v) is 34.8. The van der Waals surface area contributed by atoms with Crippen LogP contribution in [0, 0.1) is 5.92 Å². The van der Waals surface area contributed by atoms with E-state index in [9.17, 15) is 0 Å². The molecule has 0 saturated carbocycles. The van der Waals surface area contributed by atoms with Crippen LogP contribution in [0.25, 0.3) is 96.8 Å². The van der Waals surface area contributed by atoms with Crippen LogP contribution in [0.2, 0.25) is 0 Å². The summed E-state index contributed by atoms with van der Waals surface area (Å²) in [7, 11) is 0. The molecule has 294 valence electrons. The average Bonchev–Trinajstić information content (AvgIpc) is 3.99. The number of nitrogens with one attached hydrogen (secondary N) is 1. The van der Waals surface area contributed by atoms with E-state index in [0.29, 0.717) is 0 Å². The van der Waals surface area contributed by atoms with Gasteiger partial charge in [-0.1, -0.05) is 153 Å². The van der Waals surface area contributed by atoms with Crippen molar-refractivity contribution in [3.63, 3.8) is 0 Å². The molecule has 4 nitrogen and oxygen atoms in total. The summed E-state index contributed by atoms with van der Waals surface area (Å²) in [6, 6.07) is 65.9. The highest BCUT2D eigenvalue weighted by Crippen LogP contribution is 2.44. The molecule has 62 heavy (non-hydrogen) atoms. The quantitative estimate of drug-likeness (QED) is 0.192. The molecular formula is C57H39N3OS. The van der Waals surface area contributed by atoms with E-state index in [2.05, 4.69) is 205 Å². The molecule has 2 unspecified atom stereocenters. The SMILES string of the molecule is CC1C/C=C(\c2c(-n3c4ccccc4c4cc5ccccc5cc43)ccc3c2oc2ccccc23)NC(c2cccc3ccccc23)/N=C\1c1cccc2c1sc1ccccc12. The van der Waals surface area contributed by atoms with Crippen molar-refractivity contribution >= 4 is 108 Å². The Bertz CT molecular complexity index is 3860. The Labute approximate surface area is 361 Å². The lowest BCUT2D eigenvalue weighted by Gasteiger charge is -2.28. The van der Waals surface area contributed by atoms with Gasteiger partial charge in [0.05, 0.1) is 22.3 Å². The molecule has 12 aromatic rings. The van der Waals surface area contributed by atoms with Crippen LogP contribution in [0.5, 0.6) is 0 Å². The van der Waals surface area contributed by atoms with Crippen LogP contribution in [-0.2, 0) is 0 Å². The van der Waals surface area contributed by atoms with Gasteiger partial charge in [0.15, 0.2) is 0 Å². The Morgan fingerprint density at radius 1 is 0.581 bits per heavy atom. The fourth-order valence-electron chi connectivity index (χ4n) is 10.1. The fourth-order valence-corrected chi connectivity index (χ4v) is 11.4. The fraction of sp³-hybridized carbons (Fsp3) is 0.0702. The molecule has 0 radical (unpaired) electrons. The number of aliphatic imine (C=N–C) groups is 1. The standard InChI is InChI=1S/C57H39N3OS/c1-34-28-30-47(58-57(44-23-12-17-35-14-4-5-18-38(35)44)59-54(34)45-24-13-22-43-41-21-8-11-27-52(41)62-56(43)45)53-49(31-29-42-40-20-7-10-26-51(40)61-55(42)53)60-48-25-9-6-19-39(48)46-32-36-15-2-3-16-37(36)33-50(46)60/h2-27,29-34,57-58H,28H2,1H3/b47-30+,59-54+. The third-order valence-electron chi connectivity index (χ3n) is 13.1. The Morgan fingerprint density at radius 2 is 1.27 bits per heavy atom. The number of aromatic nitrogens is 1. The van der Waals surface area contributed by atoms with Gasteiger partial charge in [-0.05, 0) is 70.4 Å². The Kier molecular flexibility index (Phi) is 7.85. The van der Waals surface area contributed by atoms with E-state index in [1.165, 1.54) is 58.1 Å². The number of hydrogen-bond acceptors (Lipinski definition) is 4. The Hall–Kier alpha value is -7.47. The van der Waals surface area contributed by atoms with Crippen molar-refractivity contribution in [2.75, 3.05) is 0 Å². The van der Waals surface area contributed by atoms with E-state index >= 15 is 0 Å². The maximum absolute atomic E-state index is 7.02. The highest BCUT2D eigenvalue weighted by Gasteiger charge is 2.28. The second-order valence-corrected chi connectivity index (χ2v) is 17.7. The highest BCUT2D eigenvalue weighted by molar-refractivity contribution is 7.26. The topological polar surface area (TPSA) is 42.5 Å². The molecule has 4 heterocycles. The summed E-state index contributed by atoms with van der Waals surface area (Å²) in [6.45, 7) is 2.34. The molecule has 0 bridgehead atoms. The minimum atomic E-state index is -0.413. The number of benzene rings is 9. The van der Waals surface area contributed by atoms with Crippen molar-refractivity contribution < 1.29 is 4.42 Å². The average molecular weight is 814 g/mol. The smallest absolute Gasteiger partial charge is 0.146 e. The summed E-state index contributed by atoms with van der Waals surface area (Å²) in [5, 5.41) is 16.2. The molecule has 2 atom stereocenters. The molecule has 0 fully saturated rings. The highest BCUT2D eigenvalue weighted by atomic mass is 32.1. The summed E-state index contributed by atoms with van der Waals surface area (Å²) < 4.78 is 12.1. The van der Waals surface area contributed by atoms with Gasteiger partial charge in [-0.25, -0.2) is 0 Å². The van der Waals surface area contributed by atoms with Crippen LogP contribution >= 0.6 is 11.3 Å². The normalized spacial score (nSPS) is 17.8. The maximum Gasteiger partial charge on any atom is 0.146 e. The van der Waals surface area contributed by atoms with E-state index in [-0.39, 0.29) is 5.92 Å². The van der Waals surface area contributed by atoms with Crippen LogP contribution in [0.1, 0.15) is 36.2 Å². The van der Waals surface area contributed by atoms with Crippen molar-refractivity contribution in [2.24, 2.45) is 10.9 Å². The number of rotatable bonds is 4. The van der Waals surface area contributed by atoms with Gasteiger partial charge in [0.2, 0.25) is 0 Å². The van der Waals surface area contributed by atoms with E-state index in [1.807, 2.05) is 11.3 Å². The summed E-state index contributed by atoms with van der Waals surface area (Å²) in [5.41, 5.74) is 10.6. The van der Waals surface area contributed by atoms with Crippen molar-refractivity contribution in [3.8, 4) is 5.69 Å². The number of nitrogens with zero attached hydrogens (tertiary/aromatic N) is 2. The van der Waals surface area contributed by atoms with E-state index in [1.54, 1.807) is 0 Å². The predicted octanol–water partition coefficient (Wildman–Crippen LogP) is 15.5. The number of furan rings is 1. The number of thiophene rings is 1. The monoisotopic (exact) mass is 813 g/mol. The molecule has 0 spiro atoms. The molecule has 9 aromatic carbocycles. The molecule has 1 N–H and O–H groups in total. The largest absolute Gasteiger partial charge is 0.455 e. The van der Waals surface area contributed by atoms with E-state index in [0.717, 1.165) is 67.6 Å². The molecule has 13 rings (SSSR count). The lowest BCUT2D eigenvalue weighted by molar-refractivity contribution is 0.640. The molecular weight excluding hydrogens is 775 g/mol. The first-order valence-electron chi connectivity index (χ1n) is 21.5. The Morgan fingerprint density at radius 3 is 2.16 bits per heavy atom. The first-order chi connectivity index (χ1) is 30.7. The summed E-state index contributed by atoms with van der Waals surface area (Å²) >= 11 is 1.87. The second-order valence-electron chi connectivity index (χ2n) is 16.7. The van der Waals surface area contributed by atoms with E-state index in [4.69, 9.17) is 9.41 Å². The van der Waals surface area contributed by atoms with E-state index < -0.39 is 6.17 Å².